The topological polar surface area (TPSA) is 49.3 Å². The molecule has 0 saturated carbocycles. The van der Waals surface area contributed by atoms with Crippen molar-refractivity contribution in [3.8, 4) is 0 Å². The van der Waals surface area contributed by atoms with Gasteiger partial charge in [-0.15, -0.1) is 0 Å². The van der Waals surface area contributed by atoms with Gasteiger partial charge in [-0.1, -0.05) is 31.2 Å². The van der Waals surface area contributed by atoms with Gasteiger partial charge in [-0.2, -0.15) is 0 Å². The Labute approximate surface area is 114 Å². The third kappa shape index (κ3) is 3.44. The first kappa shape index (κ1) is 13.3. The molecule has 1 aromatic carbocycles. The lowest BCUT2D eigenvalue weighted by atomic mass is 10.1. The number of hydrogen-bond donors (Lipinski definition) is 2. The number of hydrogen-bond acceptors (Lipinski definition) is 2. The predicted octanol–water partition coefficient (Wildman–Crippen LogP) is 2.31. The maximum Gasteiger partial charge on any atom is 0.191 e. The van der Waals surface area contributed by atoms with Gasteiger partial charge in [0.1, 0.15) is 0 Å². The normalized spacial score (nSPS) is 11.6. The van der Waals surface area contributed by atoms with Crippen LogP contribution in [-0.2, 0) is 6.54 Å². The van der Waals surface area contributed by atoms with Crippen molar-refractivity contribution in [2.45, 2.75) is 19.9 Å². The van der Waals surface area contributed by atoms with Crippen molar-refractivity contribution in [2.75, 3.05) is 13.6 Å². The van der Waals surface area contributed by atoms with E-state index in [9.17, 15) is 0 Å². The number of aliphatic imine (C=N–C) groups is 1. The van der Waals surface area contributed by atoms with E-state index in [1.165, 1.54) is 10.8 Å². The molecule has 0 spiro atoms. The second-order valence-corrected chi connectivity index (χ2v) is 4.33. The van der Waals surface area contributed by atoms with E-state index in [-0.39, 0.29) is 0 Å². The second-order valence-electron chi connectivity index (χ2n) is 4.33. The molecule has 2 rings (SSSR count). The highest BCUT2D eigenvalue weighted by Crippen LogP contribution is 2.15. The van der Waals surface area contributed by atoms with Crippen LogP contribution in [0.2, 0.25) is 0 Å². The quantitative estimate of drug-likeness (QED) is 0.652. The lowest BCUT2D eigenvalue weighted by molar-refractivity contribution is 0.775. The van der Waals surface area contributed by atoms with Gasteiger partial charge in [0, 0.05) is 25.2 Å². The fraction of sp³-hybridized carbons (Fsp3) is 0.333. The van der Waals surface area contributed by atoms with Crippen LogP contribution in [-0.4, -0.2) is 24.5 Å². The molecular weight excluding hydrogens is 236 g/mol. The molecule has 0 bridgehead atoms. The smallest absolute Gasteiger partial charge is 0.191 e. The molecule has 0 saturated heterocycles. The molecule has 0 aliphatic heterocycles. The summed E-state index contributed by atoms with van der Waals surface area (Å²) in [7, 11) is 1.78. The maximum atomic E-state index is 4.45. The summed E-state index contributed by atoms with van der Waals surface area (Å²) in [5, 5.41) is 8.94. The minimum atomic E-state index is 0.671. The van der Waals surface area contributed by atoms with Crippen LogP contribution >= 0.6 is 0 Å². The van der Waals surface area contributed by atoms with E-state index in [0.29, 0.717) is 6.54 Å². The van der Waals surface area contributed by atoms with Gasteiger partial charge in [-0.3, -0.25) is 9.98 Å². The first-order chi connectivity index (χ1) is 9.35. The zero-order chi connectivity index (χ0) is 13.5. The number of aromatic nitrogens is 1. The molecule has 2 N–H and O–H groups in total. The Morgan fingerprint density at radius 1 is 1.21 bits per heavy atom. The van der Waals surface area contributed by atoms with Gasteiger partial charge in [-0.25, -0.2) is 0 Å². The molecular formula is C15H20N4. The highest BCUT2D eigenvalue weighted by Gasteiger charge is 2.02. The fourth-order valence-electron chi connectivity index (χ4n) is 1.95. The molecule has 0 aliphatic carbocycles. The number of pyridine rings is 1. The third-order valence-corrected chi connectivity index (χ3v) is 2.95. The zero-order valence-electron chi connectivity index (χ0n) is 11.5. The molecule has 0 amide bonds. The number of nitrogens with zero attached hydrogens (tertiary/aromatic N) is 2. The summed E-state index contributed by atoms with van der Waals surface area (Å²) in [4.78, 5) is 8.64. The number of nitrogens with one attached hydrogen (secondary N) is 2. The Balaban J connectivity index is 2.09. The molecule has 1 heterocycles. The summed E-state index contributed by atoms with van der Waals surface area (Å²) in [6.07, 6.45) is 2.93. The van der Waals surface area contributed by atoms with Gasteiger partial charge >= 0.3 is 0 Å². The van der Waals surface area contributed by atoms with E-state index in [2.05, 4.69) is 39.7 Å². The molecule has 0 aliphatic rings. The van der Waals surface area contributed by atoms with Crippen molar-refractivity contribution in [3.05, 3.63) is 42.2 Å². The molecule has 4 nitrogen and oxygen atoms in total. The van der Waals surface area contributed by atoms with Crippen molar-refractivity contribution >= 4 is 16.7 Å². The second kappa shape index (κ2) is 6.73. The molecule has 1 aromatic heterocycles. The molecule has 0 atom stereocenters. The number of guanidine groups is 1. The minimum Gasteiger partial charge on any atom is -0.356 e. The Hall–Kier alpha value is -2.10. The van der Waals surface area contributed by atoms with E-state index in [1.54, 1.807) is 7.05 Å². The monoisotopic (exact) mass is 256 g/mol. The summed E-state index contributed by atoms with van der Waals surface area (Å²) in [6, 6.07) is 10.3. The number of fused-ring (bicyclic) bond motifs is 1. The first-order valence-corrected chi connectivity index (χ1v) is 6.62. The largest absolute Gasteiger partial charge is 0.356 e. The zero-order valence-corrected chi connectivity index (χ0v) is 11.5. The van der Waals surface area contributed by atoms with Crippen molar-refractivity contribution in [1.82, 2.24) is 15.6 Å². The van der Waals surface area contributed by atoms with Crippen LogP contribution in [0.25, 0.3) is 10.8 Å². The van der Waals surface area contributed by atoms with Crippen LogP contribution in [0.1, 0.15) is 19.0 Å². The predicted molar refractivity (Wildman–Crippen MR) is 80.2 cm³/mol. The summed E-state index contributed by atoms with van der Waals surface area (Å²) in [6.45, 7) is 3.72. The molecule has 0 fully saturated rings. The van der Waals surface area contributed by atoms with Crippen molar-refractivity contribution in [3.63, 3.8) is 0 Å². The van der Waals surface area contributed by atoms with Crippen LogP contribution in [0.5, 0.6) is 0 Å². The Morgan fingerprint density at radius 3 is 2.84 bits per heavy atom. The molecule has 2 aromatic rings. The van der Waals surface area contributed by atoms with Gasteiger partial charge in [0.25, 0.3) is 0 Å². The van der Waals surface area contributed by atoms with Gasteiger partial charge in [-0.05, 0) is 17.9 Å². The van der Waals surface area contributed by atoms with E-state index >= 15 is 0 Å². The lowest BCUT2D eigenvalue weighted by Crippen LogP contribution is -2.37. The molecule has 4 heteroatoms. The lowest BCUT2D eigenvalue weighted by Gasteiger charge is -2.11. The maximum absolute atomic E-state index is 4.45. The van der Waals surface area contributed by atoms with Crippen LogP contribution in [0.15, 0.2) is 41.5 Å². The van der Waals surface area contributed by atoms with E-state index in [0.717, 1.165) is 24.6 Å². The molecule has 19 heavy (non-hydrogen) atoms. The highest BCUT2D eigenvalue weighted by atomic mass is 15.2. The van der Waals surface area contributed by atoms with Crippen molar-refractivity contribution < 1.29 is 0 Å². The van der Waals surface area contributed by atoms with Crippen LogP contribution in [0.3, 0.4) is 0 Å². The third-order valence-electron chi connectivity index (χ3n) is 2.95. The fourth-order valence-corrected chi connectivity index (χ4v) is 1.95. The van der Waals surface area contributed by atoms with Crippen molar-refractivity contribution in [2.24, 2.45) is 4.99 Å². The Morgan fingerprint density at radius 2 is 2.05 bits per heavy atom. The van der Waals surface area contributed by atoms with E-state index in [1.807, 2.05) is 24.4 Å². The Bertz CT molecular complexity index is 558. The van der Waals surface area contributed by atoms with Crippen LogP contribution in [0, 0.1) is 0 Å². The van der Waals surface area contributed by atoms with Gasteiger partial charge < -0.3 is 10.6 Å². The first-order valence-electron chi connectivity index (χ1n) is 6.62. The van der Waals surface area contributed by atoms with Gasteiger partial charge in [0.15, 0.2) is 5.96 Å². The Kier molecular flexibility index (Phi) is 4.72. The average Bonchev–Trinajstić information content (AvgIpc) is 2.47. The standard InChI is InChI=1S/C15H20N4/c1-3-9-18-15(16-2)19-11-14-13-7-5-4-6-12(13)8-10-17-14/h4-8,10H,3,9,11H2,1-2H3,(H2,16,18,19). The van der Waals surface area contributed by atoms with E-state index < -0.39 is 0 Å². The van der Waals surface area contributed by atoms with Crippen LogP contribution in [0.4, 0.5) is 0 Å². The van der Waals surface area contributed by atoms with E-state index in [4.69, 9.17) is 0 Å². The minimum absolute atomic E-state index is 0.671. The SMILES string of the molecule is CCCNC(=NC)NCc1nccc2ccccc12. The molecule has 100 valence electrons. The summed E-state index contributed by atoms with van der Waals surface area (Å²) in [5.41, 5.74) is 1.04. The molecule has 0 unspecified atom stereocenters. The highest BCUT2D eigenvalue weighted by molar-refractivity contribution is 5.85. The van der Waals surface area contributed by atoms with Crippen molar-refractivity contribution in [1.29, 1.82) is 0 Å². The average molecular weight is 256 g/mol. The van der Waals surface area contributed by atoms with Crippen LogP contribution < -0.4 is 10.6 Å². The van der Waals surface area contributed by atoms with Gasteiger partial charge in [0.05, 0.1) is 12.2 Å². The summed E-state index contributed by atoms with van der Waals surface area (Å²) < 4.78 is 0. The summed E-state index contributed by atoms with van der Waals surface area (Å²) >= 11 is 0. The number of benzene rings is 1. The summed E-state index contributed by atoms with van der Waals surface area (Å²) in [5.74, 6) is 0.816. The van der Waals surface area contributed by atoms with Gasteiger partial charge in [0.2, 0.25) is 0 Å². The molecule has 0 radical (unpaired) electrons. The number of rotatable bonds is 4.